The molecule has 0 heterocycles. The third kappa shape index (κ3) is 3.64. The predicted octanol–water partition coefficient (Wildman–Crippen LogP) is 2.34. The van der Waals surface area contributed by atoms with Crippen LogP contribution in [-0.2, 0) is 0 Å². The summed E-state index contributed by atoms with van der Waals surface area (Å²) in [6.45, 7) is 3.59. The zero-order chi connectivity index (χ0) is 14.4. The van der Waals surface area contributed by atoms with Crippen molar-refractivity contribution < 1.29 is 14.6 Å². The number of nitrogens with two attached hydrogens (primary N) is 1. The molecule has 2 rings (SSSR count). The molecule has 1 fully saturated rings. The van der Waals surface area contributed by atoms with Crippen LogP contribution in [0.25, 0.3) is 0 Å². The van der Waals surface area contributed by atoms with Crippen LogP contribution in [0.3, 0.4) is 0 Å². The normalized spacial score (nSPS) is 25.6. The van der Waals surface area contributed by atoms with Crippen molar-refractivity contribution in [2.45, 2.75) is 38.2 Å². The molecule has 0 saturated heterocycles. The topological polar surface area (TPSA) is 64.7 Å². The van der Waals surface area contributed by atoms with E-state index >= 15 is 0 Å². The maximum absolute atomic E-state index is 10.4. The van der Waals surface area contributed by atoms with Crippen LogP contribution in [0.15, 0.2) is 24.3 Å². The number of rotatable bonds is 7. The van der Waals surface area contributed by atoms with E-state index in [0.717, 1.165) is 37.2 Å². The molecule has 4 nitrogen and oxygen atoms in total. The van der Waals surface area contributed by atoms with Crippen LogP contribution in [0.2, 0.25) is 0 Å². The van der Waals surface area contributed by atoms with Gasteiger partial charge in [-0.3, -0.25) is 0 Å². The Labute approximate surface area is 120 Å². The van der Waals surface area contributed by atoms with Crippen molar-refractivity contribution in [3.63, 3.8) is 0 Å². The van der Waals surface area contributed by atoms with Gasteiger partial charge in [0.2, 0.25) is 0 Å². The third-order valence-electron chi connectivity index (χ3n) is 4.15. The first-order valence-corrected chi connectivity index (χ1v) is 7.46. The average molecular weight is 279 g/mol. The van der Waals surface area contributed by atoms with Crippen molar-refractivity contribution >= 4 is 0 Å². The van der Waals surface area contributed by atoms with Gasteiger partial charge in [-0.05, 0) is 56.4 Å². The molecule has 1 aromatic rings. The van der Waals surface area contributed by atoms with Crippen LogP contribution >= 0.6 is 0 Å². The number of hydrogen-bond acceptors (Lipinski definition) is 4. The van der Waals surface area contributed by atoms with Crippen molar-refractivity contribution in [1.82, 2.24) is 0 Å². The van der Waals surface area contributed by atoms with E-state index in [4.69, 9.17) is 15.2 Å². The smallest absolute Gasteiger partial charge is 0.119 e. The highest BCUT2D eigenvalue weighted by molar-refractivity contribution is 5.31. The average Bonchev–Trinajstić information content (AvgIpc) is 2.83. The molecular weight excluding hydrogens is 254 g/mol. The van der Waals surface area contributed by atoms with Gasteiger partial charge in [0.1, 0.15) is 11.5 Å². The fraction of sp³-hybridized carbons (Fsp3) is 0.625. The molecule has 2 unspecified atom stereocenters. The van der Waals surface area contributed by atoms with E-state index in [1.54, 1.807) is 0 Å². The first kappa shape index (κ1) is 15.1. The Hall–Kier alpha value is -1.26. The molecule has 0 radical (unpaired) electrons. The van der Waals surface area contributed by atoms with Crippen LogP contribution in [0, 0.1) is 5.92 Å². The number of hydrogen-bond donors (Lipinski definition) is 2. The summed E-state index contributed by atoms with van der Waals surface area (Å²) < 4.78 is 11.1. The van der Waals surface area contributed by atoms with Crippen molar-refractivity contribution in [1.29, 1.82) is 0 Å². The van der Waals surface area contributed by atoms with Gasteiger partial charge in [0.15, 0.2) is 0 Å². The van der Waals surface area contributed by atoms with Crippen molar-refractivity contribution in [2.24, 2.45) is 11.7 Å². The molecule has 3 N–H and O–H groups in total. The van der Waals surface area contributed by atoms with E-state index in [1.807, 2.05) is 31.2 Å². The minimum Gasteiger partial charge on any atom is -0.494 e. The Bertz CT molecular complexity index is 407. The van der Waals surface area contributed by atoms with Gasteiger partial charge in [0.05, 0.1) is 18.8 Å². The molecule has 2 atom stereocenters. The first-order chi connectivity index (χ1) is 9.68. The van der Waals surface area contributed by atoms with Crippen LogP contribution in [0.1, 0.15) is 32.6 Å². The molecule has 1 saturated carbocycles. The lowest BCUT2D eigenvalue weighted by Gasteiger charge is -2.28. The van der Waals surface area contributed by atoms with Crippen molar-refractivity contribution in [3.8, 4) is 11.5 Å². The summed E-state index contributed by atoms with van der Waals surface area (Å²) in [5, 5.41) is 10.4. The summed E-state index contributed by atoms with van der Waals surface area (Å²) in [5.74, 6) is 1.95. The lowest BCUT2D eigenvalue weighted by molar-refractivity contribution is 0.00355. The molecule has 1 aliphatic carbocycles. The largest absolute Gasteiger partial charge is 0.494 e. The second kappa shape index (κ2) is 6.95. The number of ether oxygens (including phenoxy) is 2. The van der Waals surface area contributed by atoms with Crippen LogP contribution in [0.5, 0.6) is 11.5 Å². The highest BCUT2D eigenvalue weighted by Crippen LogP contribution is 2.37. The zero-order valence-electron chi connectivity index (χ0n) is 12.2. The molecule has 0 bridgehead atoms. The van der Waals surface area contributed by atoms with Gasteiger partial charge in [0.25, 0.3) is 0 Å². The molecule has 0 aliphatic heterocycles. The van der Waals surface area contributed by atoms with Gasteiger partial charge in [-0.1, -0.05) is 6.42 Å². The Kier molecular flexibility index (Phi) is 5.26. The van der Waals surface area contributed by atoms with Gasteiger partial charge >= 0.3 is 0 Å². The Morgan fingerprint density at radius 3 is 2.50 bits per heavy atom. The summed E-state index contributed by atoms with van der Waals surface area (Å²) in [6.07, 6.45) is 3.76. The van der Waals surface area contributed by atoms with E-state index in [9.17, 15) is 5.11 Å². The van der Waals surface area contributed by atoms with Crippen LogP contribution in [0.4, 0.5) is 0 Å². The minimum atomic E-state index is -0.678. The fourth-order valence-electron chi connectivity index (χ4n) is 2.93. The maximum atomic E-state index is 10.4. The van der Waals surface area contributed by atoms with Gasteiger partial charge in [-0.2, -0.15) is 0 Å². The molecule has 1 aromatic carbocycles. The quantitative estimate of drug-likeness (QED) is 0.804. The predicted molar refractivity (Wildman–Crippen MR) is 79.1 cm³/mol. The molecule has 20 heavy (non-hydrogen) atoms. The van der Waals surface area contributed by atoms with Gasteiger partial charge in [-0.25, -0.2) is 0 Å². The van der Waals surface area contributed by atoms with Crippen molar-refractivity contribution in [3.05, 3.63) is 24.3 Å². The molecule has 112 valence electrons. The SMILES string of the molecule is CCOc1ccc(OCCC2CCCC2(O)CN)cc1. The molecule has 0 amide bonds. The van der Waals surface area contributed by atoms with E-state index in [-0.39, 0.29) is 5.92 Å². The fourth-order valence-corrected chi connectivity index (χ4v) is 2.93. The third-order valence-corrected chi connectivity index (χ3v) is 4.15. The Balaban J connectivity index is 1.78. The van der Waals surface area contributed by atoms with Crippen LogP contribution in [-0.4, -0.2) is 30.5 Å². The lowest BCUT2D eigenvalue weighted by Crippen LogP contribution is -2.41. The highest BCUT2D eigenvalue weighted by atomic mass is 16.5. The minimum absolute atomic E-state index is 0.259. The van der Waals surface area contributed by atoms with Gasteiger partial charge in [-0.15, -0.1) is 0 Å². The van der Waals surface area contributed by atoms with Crippen LogP contribution < -0.4 is 15.2 Å². The second-order valence-corrected chi connectivity index (χ2v) is 5.44. The highest BCUT2D eigenvalue weighted by Gasteiger charge is 2.39. The summed E-state index contributed by atoms with van der Waals surface area (Å²) >= 11 is 0. The van der Waals surface area contributed by atoms with E-state index < -0.39 is 5.60 Å². The summed E-state index contributed by atoms with van der Waals surface area (Å²) in [7, 11) is 0. The summed E-state index contributed by atoms with van der Waals surface area (Å²) in [5.41, 5.74) is 5.00. The zero-order valence-corrected chi connectivity index (χ0v) is 12.2. The standard InChI is InChI=1S/C16H25NO3/c1-2-19-14-5-7-15(8-6-14)20-11-9-13-4-3-10-16(13,18)12-17/h5-8,13,18H,2-4,9-12,17H2,1H3. The lowest BCUT2D eigenvalue weighted by atomic mass is 9.88. The molecule has 0 spiro atoms. The van der Waals surface area contributed by atoms with Gasteiger partial charge in [0, 0.05) is 6.54 Å². The summed E-state index contributed by atoms with van der Waals surface area (Å²) in [4.78, 5) is 0. The van der Waals surface area contributed by atoms with Crippen molar-refractivity contribution in [2.75, 3.05) is 19.8 Å². The number of aliphatic hydroxyl groups is 1. The molecule has 4 heteroatoms. The van der Waals surface area contributed by atoms with E-state index in [0.29, 0.717) is 19.8 Å². The van der Waals surface area contributed by atoms with Gasteiger partial charge < -0.3 is 20.3 Å². The molecule has 0 aromatic heterocycles. The Morgan fingerprint density at radius 2 is 1.90 bits per heavy atom. The van der Waals surface area contributed by atoms with E-state index in [1.165, 1.54) is 0 Å². The molecule has 1 aliphatic rings. The molecular formula is C16H25NO3. The maximum Gasteiger partial charge on any atom is 0.119 e. The number of benzene rings is 1. The Morgan fingerprint density at radius 1 is 1.25 bits per heavy atom. The summed E-state index contributed by atoms with van der Waals surface area (Å²) in [6, 6.07) is 7.64. The van der Waals surface area contributed by atoms with E-state index in [2.05, 4.69) is 0 Å². The monoisotopic (exact) mass is 279 g/mol. The second-order valence-electron chi connectivity index (χ2n) is 5.44. The first-order valence-electron chi connectivity index (χ1n) is 7.46.